The van der Waals surface area contributed by atoms with Crippen molar-refractivity contribution >= 4 is 33.2 Å². The fraction of sp³-hybridized carbons (Fsp3) is 0. The van der Waals surface area contributed by atoms with Crippen LogP contribution in [0.2, 0.25) is 0 Å². The Kier molecular flexibility index (Phi) is 3.42. The van der Waals surface area contributed by atoms with Crippen LogP contribution in [0.25, 0.3) is 16.3 Å². The Hall–Kier alpha value is -1.92. The van der Waals surface area contributed by atoms with E-state index >= 15 is 0 Å². The topological polar surface area (TPSA) is 55.1 Å². The van der Waals surface area contributed by atoms with Crippen LogP contribution in [0.1, 0.15) is 10.5 Å². The van der Waals surface area contributed by atoms with Crippen molar-refractivity contribution in [3.8, 4) is 16.3 Å². The molecular weight excluding hydrogens is 340 g/mol. The number of carboxylic acids is 1. The van der Waals surface area contributed by atoms with Gasteiger partial charge in [0, 0.05) is 10.5 Å². The molecule has 0 fully saturated rings. The molecule has 0 aliphatic rings. The third kappa shape index (κ3) is 2.39. The van der Waals surface area contributed by atoms with Crippen LogP contribution in [0.4, 0.5) is 0 Å². The van der Waals surface area contributed by atoms with E-state index in [-0.39, 0.29) is 5.69 Å². The van der Waals surface area contributed by atoms with Gasteiger partial charge in [0.05, 0.1) is 16.3 Å². The van der Waals surface area contributed by atoms with Crippen molar-refractivity contribution in [1.82, 2.24) is 9.78 Å². The average molecular weight is 349 g/mol. The summed E-state index contributed by atoms with van der Waals surface area (Å²) in [6, 6.07) is 13.0. The van der Waals surface area contributed by atoms with Crippen molar-refractivity contribution in [3.05, 3.63) is 58.0 Å². The number of halogens is 1. The first kappa shape index (κ1) is 13.1. The van der Waals surface area contributed by atoms with E-state index in [2.05, 4.69) is 21.0 Å². The number of aromatic nitrogens is 2. The summed E-state index contributed by atoms with van der Waals surface area (Å²) < 4.78 is 2.62. The number of hydrogen-bond donors (Lipinski definition) is 1. The van der Waals surface area contributed by atoms with Gasteiger partial charge in [-0.05, 0) is 35.7 Å². The maximum absolute atomic E-state index is 11.1. The number of nitrogens with zero attached hydrogens (tertiary/aromatic N) is 2. The average Bonchev–Trinajstić information content (AvgIpc) is 3.08. The van der Waals surface area contributed by atoms with Crippen molar-refractivity contribution in [3.63, 3.8) is 0 Å². The third-order valence-corrected chi connectivity index (χ3v) is 4.19. The highest BCUT2D eigenvalue weighted by atomic mass is 79.9. The lowest BCUT2D eigenvalue weighted by molar-refractivity contribution is 0.0690. The van der Waals surface area contributed by atoms with E-state index in [0.29, 0.717) is 0 Å². The summed E-state index contributed by atoms with van der Waals surface area (Å²) in [6.45, 7) is 0. The largest absolute Gasteiger partial charge is 0.476 e. The molecule has 0 amide bonds. The predicted octanol–water partition coefficient (Wildman–Crippen LogP) is 4.06. The molecule has 0 saturated carbocycles. The van der Waals surface area contributed by atoms with Gasteiger partial charge in [-0.2, -0.15) is 5.10 Å². The zero-order valence-corrected chi connectivity index (χ0v) is 12.6. The van der Waals surface area contributed by atoms with Crippen molar-refractivity contribution in [2.45, 2.75) is 0 Å². The smallest absolute Gasteiger partial charge is 0.356 e. The number of aromatic carboxylic acids is 1. The minimum atomic E-state index is -1.03. The molecular formula is C14H9BrN2O2S. The molecule has 20 heavy (non-hydrogen) atoms. The standard InChI is InChI=1S/C14H9BrN2O2S/c15-9-3-5-10(6-4-9)17-12(13-2-1-7-20-13)8-11(16-17)14(18)19/h1-8H,(H,18,19). The van der Waals surface area contributed by atoms with Crippen molar-refractivity contribution in [1.29, 1.82) is 0 Å². The van der Waals surface area contributed by atoms with Gasteiger partial charge in [0.25, 0.3) is 0 Å². The van der Waals surface area contributed by atoms with E-state index in [0.717, 1.165) is 20.7 Å². The van der Waals surface area contributed by atoms with Gasteiger partial charge in [0.1, 0.15) is 0 Å². The van der Waals surface area contributed by atoms with Crippen LogP contribution in [-0.4, -0.2) is 20.9 Å². The van der Waals surface area contributed by atoms with Crippen LogP contribution in [0.3, 0.4) is 0 Å². The predicted molar refractivity (Wildman–Crippen MR) is 81.5 cm³/mol. The van der Waals surface area contributed by atoms with Crippen LogP contribution < -0.4 is 0 Å². The molecule has 6 heteroatoms. The molecule has 2 aromatic heterocycles. The van der Waals surface area contributed by atoms with Crippen LogP contribution in [-0.2, 0) is 0 Å². The fourth-order valence-corrected chi connectivity index (χ4v) is 2.86. The van der Waals surface area contributed by atoms with E-state index in [1.165, 1.54) is 0 Å². The lowest BCUT2D eigenvalue weighted by Crippen LogP contribution is -2.01. The van der Waals surface area contributed by atoms with Gasteiger partial charge in [0.2, 0.25) is 0 Å². The number of carbonyl (C=O) groups is 1. The first-order valence-corrected chi connectivity index (χ1v) is 7.45. The summed E-state index contributed by atoms with van der Waals surface area (Å²) in [5.74, 6) is -1.03. The van der Waals surface area contributed by atoms with E-state index in [1.54, 1.807) is 22.1 Å². The van der Waals surface area contributed by atoms with E-state index in [9.17, 15) is 4.79 Å². The fourth-order valence-electron chi connectivity index (χ4n) is 1.86. The Labute approximate surface area is 127 Å². The summed E-state index contributed by atoms with van der Waals surface area (Å²) in [7, 11) is 0. The number of carboxylic acid groups (broad SMARTS) is 1. The molecule has 4 nitrogen and oxygen atoms in total. The number of thiophene rings is 1. The van der Waals surface area contributed by atoms with E-state index in [1.807, 2.05) is 41.8 Å². The highest BCUT2D eigenvalue weighted by Gasteiger charge is 2.16. The molecule has 3 aromatic rings. The Balaban J connectivity index is 2.18. The first-order chi connectivity index (χ1) is 9.65. The van der Waals surface area contributed by atoms with Crippen molar-refractivity contribution < 1.29 is 9.90 Å². The highest BCUT2D eigenvalue weighted by molar-refractivity contribution is 9.10. The second kappa shape index (κ2) is 5.22. The van der Waals surface area contributed by atoms with Gasteiger partial charge >= 0.3 is 5.97 Å². The first-order valence-electron chi connectivity index (χ1n) is 5.78. The SMILES string of the molecule is O=C(O)c1cc(-c2cccs2)n(-c2ccc(Br)cc2)n1. The number of hydrogen-bond acceptors (Lipinski definition) is 3. The molecule has 0 radical (unpaired) electrons. The molecule has 0 unspecified atom stereocenters. The Bertz CT molecular complexity index is 748. The zero-order valence-electron chi connectivity index (χ0n) is 10.2. The van der Waals surface area contributed by atoms with Crippen LogP contribution in [0, 0.1) is 0 Å². The molecule has 0 aliphatic carbocycles. The van der Waals surface area contributed by atoms with Gasteiger partial charge in [-0.3, -0.25) is 0 Å². The van der Waals surface area contributed by atoms with Crippen molar-refractivity contribution in [2.24, 2.45) is 0 Å². The molecule has 2 heterocycles. The zero-order chi connectivity index (χ0) is 14.1. The molecule has 0 aliphatic heterocycles. The second-order valence-electron chi connectivity index (χ2n) is 4.09. The van der Waals surface area contributed by atoms with Crippen LogP contribution in [0.15, 0.2) is 52.3 Å². The minimum absolute atomic E-state index is 0.0383. The third-order valence-electron chi connectivity index (χ3n) is 2.77. The molecule has 0 bridgehead atoms. The maximum Gasteiger partial charge on any atom is 0.356 e. The molecule has 1 N–H and O–H groups in total. The van der Waals surface area contributed by atoms with Crippen molar-refractivity contribution in [2.75, 3.05) is 0 Å². The van der Waals surface area contributed by atoms with Crippen LogP contribution in [0.5, 0.6) is 0 Å². The lowest BCUT2D eigenvalue weighted by atomic mass is 10.3. The molecule has 0 spiro atoms. The summed E-state index contributed by atoms with van der Waals surface area (Å²) in [5, 5.41) is 15.3. The van der Waals surface area contributed by atoms with E-state index in [4.69, 9.17) is 5.11 Å². The summed E-state index contributed by atoms with van der Waals surface area (Å²) in [5.41, 5.74) is 1.64. The summed E-state index contributed by atoms with van der Waals surface area (Å²) in [6.07, 6.45) is 0. The quantitative estimate of drug-likeness (QED) is 0.776. The number of rotatable bonds is 3. The lowest BCUT2D eigenvalue weighted by Gasteiger charge is -2.05. The van der Waals surface area contributed by atoms with Gasteiger partial charge < -0.3 is 5.11 Å². The number of benzene rings is 1. The Morgan fingerprint density at radius 2 is 2.00 bits per heavy atom. The van der Waals surface area contributed by atoms with E-state index < -0.39 is 5.97 Å². The van der Waals surface area contributed by atoms with Gasteiger partial charge in [-0.1, -0.05) is 22.0 Å². The van der Waals surface area contributed by atoms with Gasteiger partial charge in [-0.15, -0.1) is 11.3 Å². The van der Waals surface area contributed by atoms with Crippen LogP contribution >= 0.6 is 27.3 Å². The maximum atomic E-state index is 11.1. The van der Waals surface area contributed by atoms with Gasteiger partial charge in [0.15, 0.2) is 5.69 Å². The molecule has 0 atom stereocenters. The second-order valence-corrected chi connectivity index (χ2v) is 5.95. The highest BCUT2D eigenvalue weighted by Crippen LogP contribution is 2.28. The molecule has 1 aromatic carbocycles. The Morgan fingerprint density at radius 3 is 2.60 bits per heavy atom. The summed E-state index contributed by atoms with van der Waals surface area (Å²) in [4.78, 5) is 12.1. The molecule has 3 rings (SSSR count). The summed E-state index contributed by atoms with van der Waals surface area (Å²) >= 11 is 4.93. The minimum Gasteiger partial charge on any atom is -0.476 e. The normalized spacial score (nSPS) is 10.7. The Morgan fingerprint density at radius 1 is 1.25 bits per heavy atom. The molecule has 0 saturated heterocycles. The monoisotopic (exact) mass is 348 g/mol. The van der Waals surface area contributed by atoms with Gasteiger partial charge in [-0.25, -0.2) is 9.48 Å². The molecule has 100 valence electrons.